The minimum atomic E-state index is 0.439. The highest BCUT2D eigenvalue weighted by Gasteiger charge is 2.10. The summed E-state index contributed by atoms with van der Waals surface area (Å²) in [7, 11) is 0. The fourth-order valence-corrected chi connectivity index (χ4v) is 2.78. The first-order valence-electron chi connectivity index (χ1n) is 7.05. The van der Waals surface area contributed by atoms with E-state index in [9.17, 15) is 0 Å². The fraction of sp³-hybridized carbons (Fsp3) is 0.438. The van der Waals surface area contributed by atoms with E-state index in [-0.39, 0.29) is 0 Å². The van der Waals surface area contributed by atoms with Crippen LogP contribution in [0.3, 0.4) is 0 Å². The van der Waals surface area contributed by atoms with Gasteiger partial charge in [0.1, 0.15) is 0 Å². The van der Waals surface area contributed by atoms with Crippen molar-refractivity contribution in [1.29, 1.82) is 0 Å². The van der Waals surface area contributed by atoms with Crippen LogP contribution in [0.15, 0.2) is 41.2 Å². The summed E-state index contributed by atoms with van der Waals surface area (Å²) in [5.41, 5.74) is 4.42. The summed E-state index contributed by atoms with van der Waals surface area (Å²) in [5, 5.41) is 5.75. The maximum atomic E-state index is 4.33. The molecule has 0 saturated carbocycles. The third kappa shape index (κ3) is 4.77. The molecule has 1 unspecified atom stereocenters. The van der Waals surface area contributed by atoms with Gasteiger partial charge >= 0.3 is 0 Å². The first-order valence-corrected chi connectivity index (χ1v) is 8.00. The Bertz CT molecular complexity index is 439. The number of rotatable bonds is 8. The Labute approximate surface area is 119 Å². The summed E-state index contributed by atoms with van der Waals surface area (Å²) in [6, 6.07) is 11.2. The number of hydrogen-bond donors (Lipinski definition) is 1. The molecule has 2 rings (SSSR count). The first-order chi connectivity index (χ1) is 9.40. The van der Waals surface area contributed by atoms with Crippen molar-refractivity contribution in [2.75, 3.05) is 0 Å². The molecule has 0 aliphatic rings. The lowest BCUT2D eigenvalue weighted by Gasteiger charge is -2.18. The Balaban J connectivity index is 1.93. The van der Waals surface area contributed by atoms with E-state index < -0.39 is 0 Å². The summed E-state index contributed by atoms with van der Waals surface area (Å²) in [4.78, 5) is 4.33. The van der Waals surface area contributed by atoms with Crippen molar-refractivity contribution < 1.29 is 0 Å². The van der Waals surface area contributed by atoms with E-state index in [0.29, 0.717) is 6.04 Å². The van der Waals surface area contributed by atoms with Crippen LogP contribution in [-0.4, -0.2) is 4.98 Å². The van der Waals surface area contributed by atoms with Gasteiger partial charge in [-0.3, -0.25) is 0 Å². The zero-order valence-corrected chi connectivity index (χ0v) is 12.3. The van der Waals surface area contributed by atoms with Gasteiger partial charge in [0.25, 0.3) is 0 Å². The Morgan fingerprint density at radius 3 is 2.74 bits per heavy atom. The van der Waals surface area contributed by atoms with Crippen LogP contribution in [0, 0.1) is 0 Å². The molecule has 0 radical (unpaired) electrons. The van der Waals surface area contributed by atoms with E-state index in [1.807, 2.05) is 5.51 Å². The second-order valence-electron chi connectivity index (χ2n) is 4.82. The summed E-state index contributed by atoms with van der Waals surface area (Å²) in [6.45, 7) is 3.11. The lowest BCUT2D eigenvalue weighted by molar-refractivity contribution is 0.471. The van der Waals surface area contributed by atoms with Gasteiger partial charge < -0.3 is 5.32 Å². The lowest BCUT2D eigenvalue weighted by Crippen LogP contribution is -2.21. The molecule has 1 aromatic carbocycles. The molecule has 0 fully saturated rings. The van der Waals surface area contributed by atoms with Gasteiger partial charge in [0, 0.05) is 18.0 Å². The number of nitrogens with one attached hydrogen (secondary N) is 1. The molecule has 2 aromatic rings. The quantitative estimate of drug-likeness (QED) is 0.714. The fourth-order valence-electron chi connectivity index (χ4n) is 2.22. The molecule has 0 aliphatic heterocycles. The minimum absolute atomic E-state index is 0.439. The molecule has 0 spiro atoms. The van der Waals surface area contributed by atoms with Crippen LogP contribution in [0.1, 0.15) is 49.9 Å². The topological polar surface area (TPSA) is 24.9 Å². The highest BCUT2D eigenvalue weighted by molar-refractivity contribution is 7.07. The van der Waals surface area contributed by atoms with Gasteiger partial charge in [0.2, 0.25) is 0 Å². The van der Waals surface area contributed by atoms with E-state index in [0.717, 1.165) is 12.2 Å². The number of thiazole rings is 1. The van der Waals surface area contributed by atoms with Crippen LogP contribution in [0.25, 0.3) is 0 Å². The number of aromatic nitrogens is 1. The van der Waals surface area contributed by atoms with Crippen molar-refractivity contribution in [2.45, 2.75) is 45.2 Å². The Hall–Kier alpha value is -1.19. The predicted molar refractivity (Wildman–Crippen MR) is 82.3 cm³/mol. The normalized spacial score (nSPS) is 12.5. The summed E-state index contributed by atoms with van der Waals surface area (Å²) < 4.78 is 0. The summed E-state index contributed by atoms with van der Waals surface area (Å²) in [5.74, 6) is 0. The highest BCUT2D eigenvalue weighted by Crippen LogP contribution is 2.20. The Morgan fingerprint density at radius 2 is 2.05 bits per heavy atom. The van der Waals surface area contributed by atoms with Gasteiger partial charge in [0.15, 0.2) is 0 Å². The largest absolute Gasteiger partial charge is 0.304 e. The van der Waals surface area contributed by atoms with Gasteiger partial charge in [-0.2, -0.15) is 0 Å². The average molecular weight is 274 g/mol. The second-order valence-corrected chi connectivity index (χ2v) is 5.54. The molecule has 3 heteroatoms. The molecule has 1 aromatic heterocycles. The van der Waals surface area contributed by atoms with Crippen LogP contribution in [0.2, 0.25) is 0 Å². The van der Waals surface area contributed by atoms with Crippen LogP contribution in [-0.2, 0) is 6.54 Å². The first kappa shape index (κ1) is 14.2. The molecule has 0 saturated heterocycles. The molecule has 1 N–H and O–H groups in total. The Morgan fingerprint density at radius 1 is 1.21 bits per heavy atom. The molecule has 2 nitrogen and oxygen atoms in total. The SMILES string of the molecule is CCCCCC(NCc1cscn1)c1ccccc1. The Kier molecular flexibility index (Phi) is 6.05. The van der Waals surface area contributed by atoms with Crippen molar-refractivity contribution in [3.63, 3.8) is 0 Å². The van der Waals surface area contributed by atoms with Crippen LogP contribution >= 0.6 is 11.3 Å². The maximum Gasteiger partial charge on any atom is 0.0795 e. The lowest BCUT2D eigenvalue weighted by atomic mass is 10.0. The zero-order chi connectivity index (χ0) is 13.3. The van der Waals surface area contributed by atoms with E-state index in [2.05, 4.69) is 52.9 Å². The van der Waals surface area contributed by atoms with Crippen molar-refractivity contribution in [3.8, 4) is 0 Å². The molecule has 102 valence electrons. The predicted octanol–water partition coefficient (Wildman–Crippen LogP) is 4.55. The van der Waals surface area contributed by atoms with E-state index >= 15 is 0 Å². The van der Waals surface area contributed by atoms with Crippen LogP contribution in [0.5, 0.6) is 0 Å². The third-order valence-corrected chi connectivity index (χ3v) is 3.95. The third-order valence-electron chi connectivity index (χ3n) is 3.31. The minimum Gasteiger partial charge on any atom is -0.304 e. The zero-order valence-electron chi connectivity index (χ0n) is 11.5. The highest BCUT2D eigenvalue weighted by atomic mass is 32.1. The molecule has 0 aliphatic carbocycles. The molecule has 19 heavy (non-hydrogen) atoms. The van der Waals surface area contributed by atoms with Crippen LogP contribution < -0.4 is 5.32 Å². The monoisotopic (exact) mass is 274 g/mol. The number of unbranched alkanes of at least 4 members (excludes halogenated alkanes) is 2. The molecular formula is C16H22N2S. The molecule has 1 heterocycles. The summed E-state index contributed by atoms with van der Waals surface area (Å²) in [6.07, 6.45) is 5.05. The van der Waals surface area contributed by atoms with Crippen molar-refractivity contribution in [3.05, 3.63) is 52.5 Å². The van der Waals surface area contributed by atoms with Gasteiger partial charge in [-0.15, -0.1) is 11.3 Å². The van der Waals surface area contributed by atoms with Crippen molar-refractivity contribution >= 4 is 11.3 Å². The summed E-state index contributed by atoms with van der Waals surface area (Å²) >= 11 is 1.66. The number of nitrogens with zero attached hydrogens (tertiary/aromatic N) is 1. The van der Waals surface area contributed by atoms with Gasteiger partial charge in [-0.25, -0.2) is 4.98 Å². The molecule has 0 bridgehead atoms. The van der Waals surface area contributed by atoms with Gasteiger partial charge in [-0.05, 0) is 12.0 Å². The van der Waals surface area contributed by atoms with Gasteiger partial charge in [-0.1, -0.05) is 56.5 Å². The smallest absolute Gasteiger partial charge is 0.0795 e. The van der Waals surface area contributed by atoms with Crippen LogP contribution in [0.4, 0.5) is 0 Å². The molecule has 0 amide bonds. The average Bonchev–Trinajstić information content (AvgIpc) is 2.97. The van der Waals surface area contributed by atoms with E-state index in [1.165, 1.54) is 31.2 Å². The van der Waals surface area contributed by atoms with E-state index in [4.69, 9.17) is 0 Å². The van der Waals surface area contributed by atoms with Crippen molar-refractivity contribution in [2.24, 2.45) is 0 Å². The molecular weight excluding hydrogens is 252 g/mol. The molecule has 1 atom stereocenters. The number of benzene rings is 1. The van der Waals surface area contributed by atoms with Gasteiger partial charge in [0.05, 0.1) is 11.2 Å². The standard InChI is InChI=1S/C16H22N2S/c1-2-3-5-10-16(14-8-6-4-7-9-14)17-11-15-12-19-13-18-15/h4,6-9,12-13,16-17H,2-3,5,10-11H2,1H3. The maximum absolute atomic E-state index is 4.33. The number of hydrogen-bond acceptors (Lipinski definition) is 3. The second kappa shape index (κ2) is 8.08. The van der Waals surface area contributed by atoms with E-state index in [1.54, 1.807) is 11.3 Å². The van der Waals surface area contributed by atoms with Crippen molar-refractivity contribution in [1.82, 2.24) is 10.3 Å².